The zero-order chi connectivity index (χ0) is 19.8. The first kappa shape index (κ1) is 18.5. The smallest absolute Gasteiger partial charge is 0.274 e. The van der Waals surface area contributed by atoms with E-state index in [4.69, 9.17) is 4.74 Å². The predicted molar refractivity (Wildman–Crippen MR) is 110 cm³/mol. The monoisotopic (exact) mass is 379 g/mol. The lowest BCUT2D eigenvalue weighted by Crippen LogP contribution is -2.40. The Morgan fingerprint density at radius 2 is 1.93 bits per heavy atom. The van der Waals surface area contributed by atoms with Gasteiger partial charge in [0.2, 0.25) is 0 Å². The van der Waals surface area contributed by atoms with Crippen LogP contribution in [0.15, 0.2) is 35.3 Å². The molecule has 1 N–H and O–H groups in total. The van der Waals surface area contributed by atoms with Crippen molar-refractivity contribution in [1.82, 2.24) is 14.5 Å². The number of H-pyrrole nitrogens is 1. The van der Waals surface area contributed by atoms with E-state index < -0.39 is 0 Å². The minimum Gasteiger partial charge on any atom is -0.378 e. The molecule has 6 heteroatoms. The third-order valence-corrected chi connectivity index (χ3v) is 5.41. The van der Waals surface area contributed by atoms with Gasteiger partial charge >= 0.3 is 0 Å². The van der Waals surface area contributed by atoms with Crippen LogP contribution in [-0.2, 0) is 11.3 Å². The summed E-state index contributed by atoms with van der Waals surface area (Å²) in [6.45, 7) is 8.92. The van der Waals surface area contributed by atoms with Crippen LogP contribution in [0.3, 0.4) is 0 Å². The second-order valence-corrected chi connectivity index (χ2v) is 7.31. The normalized spacial score (nSPS) is 14.6. The maximum atomic E-state index is 12.8. The maximum Gasteiger partial charge on any atom is 0.274 e. The van der Waals surface area contributed by atoms with Crippen LogP contribution in [-0.4, -0.2) is 46.7 Å². The van der Waals surface area contributed by atoms with E-state index in [2.05, 4.69) is 4.98 Å². The summed E-state index contributed by atoms with van der Waals surface area (Å²) < 4.78 is 7.06. The standard InChI is InChI=1S/C22H25N3O3/c1-4-24-13-19(18-12-15(3)23-20(18)22(24)27)16-5-6-17(14(2)11-16)21(26)25-7-9-28-10-8-25/h5-6,11-13,23H,4,7-10H2,1-3H3. The van der Waals surface area contributed by atoms with E-state index >= 15 is 0 Å². The van der Waals surface area contributed by atoms with Crippen LogP contribution in [0, 0.1) is 13.8 Å². The fourth-order valence-electron chi connectivity index (χ4n) is 3.87. The fourth-order valence-corrected chi connectivity index (χ4v) is 3.87. The number of amides is 1. The van der Waals surface area contributed by atoms with Crippen LogP contribution in [0.25, 0.3) is 22.0 Å². The molecule has 3 aromatic rings. The Morgan fingerprint density at radius 3 is 2.61 bits per heavy atom. The van der Waals surface area contributed by atoms with Gasteiger partial charge in [-0.25, -0.2) is 0 Å². The van der Waals surface area contributed by atoms with E-state index in [0.29, 0.717) is 38.4 Å². The molecule has 0 unspecified atom stereocenters. The second-order valence-electron chi connectivity index (χ2n) is 7.31. The number of pyridine rings is 1. The van der Waals surface area contributed by atoms with Gasteiger partial charge in [-0.1, -0.05) is 12.1 Å². The molecule has 1 amide bonds. The second kappa shape index (κ2) is 7.28. The molecule has 2 aromatic heterocycles. The van der Waals surface area contributed by atoms with Gasteiger partial charge in [-0.3, -0.25) is 9.59 Å². The zero-order valence-corrected chi connectivity index (χ0v) is 16.5. The van der Waals surface area contributed by atoms with Crippen molar-refractivity contribution in [1.29, 1.82) is 0 Å². The van der Waals surface area contributed by atoms with Gasteiger partial charge in [-0.15, -0.1) is 0 Å². The van der Waals surface area contributed by atoms with Crippen molar-refractivity contribution in [2.75, 3.05) is 26.3 Å². The van der Waals surface area contributed by atoms with Gasteiger partial charge in [0.1, 0.15) is 5.52 Å². The maximum absolute atomic E-state index is 12.8. The van der Waals surface area contributed by atoms with E-state index in [1.165, 1.54) is 0 Å². The number of ether oxygens (including phenoxy) is 1. The van der Waals surface area contributed by atoms with Gasteiger partial charge < -0.3 is 19.2 Å². The lowest BCUT2D eigenvalue weighted by atomic mass is 9.98. The average molecular weight is 379 g/mol. The summed E-state index contributed by atoms with van der Waals surface area (Å²) in [5, 5.41) is 0.916. The predicted octanol–water partition coefficient (Wildman–Crippen LogP) is 3.11. The molecule has 0 saturated carbocycles. The van der Waals surface area contributed by atoms with Gasteiger partial charge in [0.25, 0.3) is 11.5 Å². The highest BCUT2D eigenvalue weighted by atomic mass is 16.5. The van der Waals surface area contributed by atoms with Crippen LogP contribution >= 0.6 is 0 Å². The van der Waals surface area contributed by atoms with E-state index in [0.717, 1.165) is 33.3 Å². The van der Waals surface area contributed by atoms with Crippen molar-refractivity contribution >= 4 is 16.8 Å². The third kappa shape index (κ3) is 3.14. The van der Waals surface area contributed by atoms with Crippen molar-refractivity contribution in [3.05, 3.63) is 57.6 Å². The number of hydrogen-bond acceptors (Lipinski definition) is 3. The molecule has 1 saturated heterocycles. The Bertz CT molecular complexity index is 1100. The molecule has 1 aromatic carbocycles. The Kier molecular flexibility index (Phi) is 4.81. The molecular formula is C22H25N3O3. The molecule has 1 aliphatic rings. The minimum atomic E-state index is -0.00909. The highest BCUT2D eigenvalue weighted by Gasteiger charge is 2.21. The number of nitrogens with one attached hydrogen (secondary N) is 1. The zero-order valence-electron chi connectivity index (χ0n) is 16.5. The molecule has 28 heavy (non-hydrogen) atoms. The Morgan fingerprint density at radius 1 is 1.18 bits per heavy atom. The van der Waals surface area contributed by atoms with E-state index in [1.807, 2.05) is 56.1 Å². The number of hydrogen-bond donors (Lipinski definition) is 1. The number of aryl methyl sites for hydroxylation is 3. The fraction of sp³-hybridized carbons (Fsp3) is 0.364. The lowest BCUT2D eigenvalue weighted by Gasteiger charge is -2.27. The molecule has 4 rings (SSSR count). The average Bonchev–Trinajstić information content (AvgIpc) is 3.10. The van der Waals surface area contributed by atoms with Crippen molar-refractivity contribution in [2.24, 2.45) is 0 Å². The molecule has 0 bridgehead atoms. The van der Waals surface area contributed by atoms with Crippen molar-refractivity contribution in [3.8, 4) is 11.1 Å². The van der Waals surface area contributed by atoms with E-state index in [-0.39, 0.29) is 11.5 Å². The molecule has 3 heterocycles. The SMILES string of the molecule is CCn1cc(-c2ccc(C(=O)N3CCOCC3)c(C)c2)c2cc(C)[nH]c2c1=O. The Balaban J connectivity index is 1.78. The first-order chi connectivity index (χ1) is 13.5. The van der Waals surface area contributed by atoms with Crippen molar-refractivity contribution in [3.63, 3.8) is 0 Å². The number of carbonyl (C=O) groups is 1. The molecule has 0 aliphatic carbocycles. The summed E-state index contributed by atoms with van der Waals surface area (Å²) in [6.07, 6.45) is 1.91. The molecule has 6 nitrogen and oxygen atoms in total. The summed E-state index contributed by atoms with van der Waals surface area (Å²) in [5.41, 5.74) is 5.22. The van der Waals surface area contributed by atoms with Gasteiger partial charge in [0, 0.05) is 48.0 Å². The summed E-state index contributed by atoms with van der Waals surface area (Å²) >= 11 is 0. The van der Waals surface area contributed by atoms with Gasteiger partial charge in [-0.2, -0.15) is 0 Å². The largest absolute Gasteiger partial charge is 0.378 e. The summed E-state index contributed by atoms with van der Waals surface area (Å²) in [5.74, 6) is 0.0496. The van der Waals surface area contributed by atoms with E-state index in [9.17, 15) is 9.59 Å². The lowest BCUT2D eigenvalue weighted by molar-refractivity contribution is 0.0302. The highest BCUT2D eigenvalue weighted by Crippen LogP contribution is 2.29. The van der Waals surface area contributed by atoms with Gasteiger partial charge in [-0.05, 0) is 44.0 Å². The highest BCUT2D eigenvalue weighted by molar-refractivity contribution is 5.98. The number of aromatic amines is 1. The molecule has 1 fully saturated rings. The number of nitrogens with zero attached hydrogens (tertiary/aromatic N) is 2. The number of carbonyl (C=O) groups excluding carboxylic acids is 1. The quantitative estimate of drug-likeness (QED) is 0.760. The van der Waals surface area contributed by atoms with Gasteiger partial charge in [0.15, 0.2) is 0 Å². The summed E-state index contributed by atoms with van der Waals surface area (Å²) in [7, 11) is 0. The third-order valence-electron chi connectivity index (χ3n) is 5.41. The van der Waals surface area contributed by atoms with Crippen LogP contribution in [0.5, 0.6) is 0 Å². The molecule has 1 aliphatic heterocycles. The van der Waals surface area contributed by atoms with Gasteiger partial charge in [0.05, 0.1) is 13.2 Å². The Hall–Kier alpha value is -2.86. The first-order valence-electron chi connectivity index (χ1n) is 9.70. The molecule has 0 radical (unpaired) electrons. The summed E-state index contributed by atoms with van der Waals surface area (Å²) in [4.78, 5) is 30.5. The van der Waals surface area contributed by atoms with Crippen molar-refractivity contribution < 1.29 is 9.53 Å². The van der Waals surface area contributed by atoms with Crippen molar-refractivity contribution in [2.45, 2.75) is 27.3 Å². The Labute approximate surface area is 163 Å². The minimum absolute atomic E-state index is 0.00909. The number of benzene rings is 1. The summed E-state index contributed by atoms with van der Waals surface area (Å²) in [6, 6.07) is 7.92. The van der Waals surface area contributed by atoms with Crippen LogP contribution in [0.2, 0.25) is 0 Å². The number of rotatable bonds is 3. The molecular weight excluding hydrogens is 354 g/mol. The molecule has 0 spiro atoms. The molecule has 146 valence electrons. The molecule has 0 atom stereocenters. The van der Waals surface area contributed by atoms with E-state index in [1.54, 1.807) is 4.57 Å². The number of aromatic nitrogens is 2. The van der Waals surface area contributed by atoms with Crippen LogP contribution < -0.4 is 5.56 Å². The number of fused-ring (bicyclic) bond motifs is 1. The number of morpholine rings is 1. The van der Waals surface area contributed by atoms with Crippen LogP contribution in [0.1, 0.15) is 28.5 Å². The first-order valence-corrected chi connectivity index (χ1v) is 9.70. The van der Waals surface area contributed by atoms with Crippen LogP contribution in [0.4, 0.5) is 0 Å². The topological polar surface area (TPSA) is 67.3 Å².